The lowest BCUT2D eigenvalue weighted by atomic mass is 10.1. The Balaban J connectivity index is 1.72. The molecule has 0 fully saturated rings. The number of nitrogens with one attached hydrogen (secondary N) is 1. The fourth-order valence-corrected chi connectivity index (χ4v) is 3.34. The normalized spacial score (nSPS) is 10.5. The first kappa shape index (κ1) is 22.4. The number of carbonyl (C=O) groups is 1. The van der Waals surface area contributed by atoms with Crippen molar-refractivity contribution in [2.45, 2.75) is 46.6 Å². The van der Waals surface area contributed by atoms with E-state index in [9.17, 15) is 4.79 Å². The molecule has 0 aliphatic rings. The van der Waals surface area contributed by atoms with Crippen molar-refractivity contribution in [3.8, 4) is 11.5 Å². The van der Waals surface area contributed by atoms with Crippen LogP contribution in [0.3, 0.4) is 0 Å². The number of para-hydroxylation sites is 1. The average molecular weight is 418 g/mol. The first-order valence-corrected chi connectivity index (χ1v) is 10.9. The van der Waals surface area contributed by atoms with Gasteiger partial charge >= 0.3 is 0 Å². The van der Waals surface area contributed by atoms with Crippen molar-refractivity contribution >= 4 is 11.6 Å². The summed E-state index contributed by atoms with van der Waals surface area (Å²) >= 11 is 0. The van der Waals surface area contributed by atoms with Gasteiger partial charge in [0.05, 0.1) is 6.61 Å². The molecule has 4 nitrogen and oxygen atoms in total. The van der Waals surface area contributed by atoms with Crippen molar-refractivity contribution in [3.63, 3.8) is 0 Å². The van der Waals surface area contributed by atoms with Crippen molar-refractivity contribution in [2.24, 2.45) is 0 Å². The number of benzene rings is 3. The summed E-state index contributed by atoms with van der Waals surface area (Å²) in [5.74, 6) is 1.40. The van der Waals surface area contributed by atoms with E-state index < -0.39 is 0 Å². The van der Waals surface area contributed by atoms with Crippen LogP contribution in [-0.2, 0) is 13.0 Å². The van der Waals surface area contributed by atoms with Gasteiger partial charge < -0.3 is 14.8 Å². The van der Waals surface area contributed by atoms with Gasteiger partial charge in [0.2, 0.25) is 0 Å². The molecule has 31 heavy (non-hydrogen) atoms. The van der Waals surface area contributed by atoms with Crippen molar-refractivity contribution in [3.05, 3.63) is 89.0 Å². The summed E-state index contributed by atoms with van der Waals surface area (Å²) in [6.45, 7) is 7.01. The minimum absolute atomic E-state index is 0.151. The molecule has 0 aliphatic heterocycles. The number of hydrogen-bond acceptors (Lipinski definition) is 3. The van der Waals surface area contributed by atoms with Gasteiger partial charge in [-0.1, -0.05) is 43.7 Å². The van der Waals surface area contributed by atoms with E-state index in [4.69, 9.17) is 9.47 Å². The molecule has 0 saturated heterocycles. The van der Waals surface area contributed by atoms with Crippen LogP contribution in [0, 0.1) is 6.92 Å². The predicted molar refractivity (Wildman–Crippen MR) is 126 cm³/mol. The third-order valence-corrected chi connectivity index (χ3v) is 5.13. The number of unbranched alkanes of at least 4 members (excludes halogenated alkanes) is 1. The van der Waals surface area contributed by atoms with Crippen LogP contribution in [0.1, 0.15) is 53.7 Å². The molecule has 0 bridgehead atoms. The van der Waals surface area contributed by atoms with Gasteiger partial charge in [0, 0.05) is 16.8 Å². The third-order valence-electron chi connectivity index (χ3n) is 5.13. The Morgan fingerprint density at radius 1 is 0.903 bits per heavy atom. The van der Waals surface area contributed by atoms with Crippen LogP contribution in [0.4, 0.5) is 5.69 Å². The Labute approximate surface area is 185 Å². The maximum atomic E-state index is 12.8. The molecule has 3 aromatic carbocycles. The van der Waals surface area contributed by atoms with E-state index in [2.05, 4.69) is 24.4 Å². The Hall–Kier alpha value is -3.27. The number of ether oxygens (including phenoxy) is 2. The number of hydrogen-bond donors (Lipinski definition) is 1. The van der Waals surface area contributed by atoms with Crippen molar-refractivity contribution < 1.29 is 14.3 Å². The van der Waals surface area contributed by atoms with Gasteiger partial charge in [0.15, 0.2) is 0 Å². The van der Waals surface area contributed by atoms with Crippen LogP contribution in [0.5, 0.6) is 11.5 Å². The lowest BCUT2D eigenvalue weighted by Gasteiger charge is -2.14. The van der Waals surface area contributed by atoms with Crippen molar-refractivity contribution in [1.82, 2.24) is 0 Å². The van der Waals surface area contributed by atoms with Gasteiger partial charge in [-0.3, -0.25) is 4.79 Å². The maximum Gasteiger partial charge on any atom is 0.255 e. The molecule has 0 atom stereocenters. The second kappa shape index (κ2) is 11.2. The summed E-state index contributed by atoms with van der Waals surface area (Å²) in [6.07, 6.45) is 3.41. The van der Waals surface area contributed by atoms with Gasteiger partial charge in [0.25, 0.3) is 5.91 Å². The minimum atomic E-state index is -0.151. The van der Waals surface area contributed by atoms with E-state index in [0.717, 1.165) is 34.7 Å². The van der Waals surface area contributed by atoms with E-state index in [0.29, 0.717) is 18.8 Å². The third kappa shape index (κ3) is 6.35. The molecule has 0 radical (unpaired) electrons. The average Bonchev–Trinajstić information content (AvgIpc) is 2.79. The number of aryl methyl sites for hydroxylation is 2. The zero-order chi connectivity index (χ0) is 22.1. The lowest BCUT2D eigenvalue weighted by molar-refractivity contribution is 0.102. The van der Waals surface area contributed by atoms with E-state index in [1.54, 1.807) is 6.07 Å². The molecule has 1 amide bonds. The molecule has 0 unspecified atom stereocenters. The van der Waals surface area contributed by atoms with Gasteiger partial charge in [-0.25, -0.2) is 0 Å². The molecule has 3 rings (SSSR count). The van der Waals surface area contributed by atoms with Gasteiger partial charge in [0.1, 0.15) is 18.1 Å². The summed E-state index contributed by atoms with van der Waals surface area (Å²) in [5.41, 5.74) is 4.56. The Morgan fingerprint density at radius 2 is 1.68 bits per heavy atom. The second-order valence-corrected chi connectivity index (χ2v) is 7.56. The first-order valence-electron chi connectivity index (χ1n) is 10.9. The minimum Gasteiger partial charge on any atom is -0.493 e. The monoisotopic (exact) mass is 417 g/mol. The smallest absolute Gasteiger partial charge is 0.255 e. The van der Waals surface area contributed by atoms with Crippen LogP contribution in [0.15, 0.2) is 66.7 Å². The molecular weight excluding hydrogens is 386 g/mol. The van der Waals surface area contributed by atoms with E-state index in [1.807, 2.05) is 62.4 Å². The van der Waals surface area contributed by atoms with Crippen LogP contribution in [0.25, 0.3) is 0 Å². The van der Waals surface area contributed by atoms with E-state index in [-0.39, 0.29) is 5.91 Å². The highest BCUT2D eigenvalue weighted by Crippen LogP contribution is 2.25. The first-order chi connectivity index (χ1) is 15.1. The molecule has 0 heterocycles. The fourth-order valence-electron chi connectivity index (χ4n) is 3.34. The zero-order valence-electron chi connectivity index (χ0n) is 18.6. The molecule has 3 aromatic rings. The highest BCUT2D eigenvalue weighted by molar-refractivity contribution is 6.04. The van der Waals surface area contributed by atoms with Crippen LogP contribution >= 0.6 is 0 Å². The van der Waals surface area contributed by atoms with Crippen LogP contribution < -0.4 is 14.8 Å². The van der Waals surface area contributed by atoms with Gasteiger partial charge in [-0.15, -0.1) is 0 Å². The summed E-state index contributed by atoms with van der Waals surface area (Å²) in [6, 6.07) is 21.4. The second-order valence-electron chi connectivity index (χ2n) is 7.56. The van der Waals surface area contributed by atoms with Crippen molar-refractivity contribution in [1.29, 1.82) is 0 Å². The topological polar surface area (TPSA) is 47.6 Å². The highest BCUT2D eigenvalue weighted by atomic mass is 16.5. The molecule has 0 aromatic heterocycles. The largest absolute Gasteiger partial charge is 0.493 e. The number of amides is 1. The SMILES string of the molecule is CCCCc1ccc(NC(=O)c2ccc(OCC)c(COc3ccccc3C)c2)cc1. The summed E-state index contributed by atoms with van der Waals surface area (Å²) < 4.78 is 11.7. The maximum absolute atomic E-state index is 12.8. The quantitative estimate of drug-likeness (QED) is 0.406. The fraction of sp³-hybridized carbons (Fsp3) is 0.296. The standard InChI is InChI=1S/C27H31NO3/c1-4-6-10-21-12-15-24(16-13-21)28-27(29)22-14-17-26(30-5-2)23(18-22)19-31-25-11-8-7-9-20(25)3/h7-9,11-18H,4-6,10,19H2,1-3H3,(H,28,29). The molecular formula is C27H31NO3. The predicted octanol–water partition coefficient (Wildman–Crippen LogP) is 6.57. The Bertz CT molecular complexity index is 996. The Morgan fingerprint density at radius 3 is 2.39 bits per heavy atom. The number of rotatable bonds is 10. The Kier molecular flexibility index (Phi) is 8.11. The van der Waals surface area contributed by atoms with Crippen LogP contribution in [0.2, 0.25) is 0 Å². The van der Waals surface area contributed by atoms with Crippen molar-refractivity contribution in [2.75, 3.05) is 11.9 Å². The number of anilines is 1. The molecule has 0 aliphatic carbocycles. The summed E-state index contributed by atoms with van der Waals surface area (Å²) in [4.78, 5) is 12.8. The van der Waals surface area contributed by atoms with Gasteiger partial charge in [-0.05, 0) is 74.2 Å². The highest BCUT2D eigenvalue weighted by Gasteiger charge is 2.12. The molecule has 1 N–H and O–H groups in total. The zero-order valence-corrected chi connectivity index (χ0v) is 18.6. The summed E-state index contributed by atoms with van der Waals surface area (Å²) in [7, 11) is 0. The lowest BCUT2D eigenvalue weighted by Crippen LogP contribution is -2.13. The summed E-state index contributed by atoms with van der Waals surface area (Å²) in [5, 5.41) is 2.98. The van der Waals surface area contributed by atoms with E-state index in [1.165, 1.54) is 18.4 Å². The van der Waals surface area contributed by atoms with E-state index >= 15 is 0 Å². The number of carbonyl (C=O) groups excluding carboxylic acids is 1. The van der Waals surface area contributed by atoms with Crippen LogP contribution in [-0.4, -0.2) is 12.5 Å². The molecule has 0 saturated carbocycles. The van der Waals surface area contributed by atoms with Gasteiger partial charge in [-0.2, -0.15) is 0 Å². The molecule has 4 heteroatoms. The molecule has 0 spiro atoms. The molecule has 162 valence electrons.